The number of hydrogen-bond acceptors (Lipinski definition) is 5. The second-order valence-corrected chi connectivity index (χ2v) is 5.25. The number of carbonyl (C=O) groups is 1. The topological polar surface area (TPSA) is 111 Å². The molecule has 2 amide bonds. The maximum atomic E-state index is 13.8. The van der Waals surface area contributed by atoms with Gasteiger partial charge >= 0.3 is 6.03 Å². The first kappa shape index (κ1) is 16.0. The van der Waals surface area contributed by atoms with E-state index in [1.54, 1.807) is 4.90 Å². The molecule has 128 valence electrons. The number of urea groups is 1. The molecule has 6 N–H and O–H groups in total. The van der Waals surface area contributed by atoms with Gasteiger partial charge in [0.1, 0.15) is 28.8 Å². The molecule has 10 heteroatoms. The van der Waals surface area contributed by atoms with Crippen molar-refractivity contribution >= 4 is 29.0 Å². The largest absolute Gasteiger partial charge is 0.382 e. The van der Waals surface area contributed by atoms with E-state index in [9.17, 15) is 13.6 Å². The lowest BCUT2D eigenvalue weighted by Gasteiger charge is -2.27. The molecular formula is C14H17F2N7O. The van der Waals surface area contributed by atoms with Gasteiger partial charge in [-0.05, 0) is 12.1 Å². The number of benzene rings is 1. The van der Waals surface area contributed by atoms with E-state index in [0.29, 0.717) is 26.2 Å². The predicted octanol–water partition coefficient (Wildman–Crippen LogP) is 1.45. The summed E-state index contributed by atoms with van der Waals surface area (Å²) in [4.78, 5) is 13.8. The Kier molecular flexibility index (Phi) is 4.47. The second-order valence-electron chi connectivity index (χ2n) is 5.25. The second kappa shape index (κ2) is 6.71. The first-order valence-corrected chi connectivity index (χ1v) is 7.38. The van der Waals surface area contributed by atoms with Crippen LogP contribution in [-0.4, -0.2) is 47.3 Å². The normalized spacial score (nSPS) is 14.5. The van der Waals surface area contributed by atoms with Crippen LogP contribution in [0.2, 0.25) is 0 Å². The third kappa shape index (κ3) is 3.23. The van der Waals surface area contributed by atoms with E-state index in [2.05, 4.69) is 26.1 Å². The minimum absolute atomic E-state index is 0.0493. The molecule has 0 saturated carbocycles. The van der Waals surface area contributed by atoms with Crippen molar-refractivity contribution in [1.82, 2.24) is 20.4 Å². The number of nitrogen functional groups attached to an aromatic ring is 1. The lowest BCUT2D eigenvalue weighted by atomic mass is 10.2. The molecule has 0 aliphatic carbocycles. The Morgan fingerprint density at radius 2 is 1.88 bits per heavy atom. The van der Waals surface area contributed by atoms with Crippen molar-refractivity contribution in [2.24, 2.45) is 0 Å². The van der Waals surface area contributed by atoms with Crippen molar-refractivity contribution in [3.05, 3.63) is 29.8 Å². The highest BCUT2D eigenvalue weighted by atomic mass is 19.1. The van der Waals surface area contributed by atoms with Crippen molar-refractivity contribution in [1.29, 1.82) is 0 Å². The summed E-state index contributed by atoms with van der Waals surface area (Å²) in [5, 5.41) is 14.6. The molecule has 1 fully saturated rings. The monoisotopic (exact) mass is 337 g/mol. The van der Waals surface area contributed by atoms with Crippen LogP contribution >= 0.6 is 0 Å². The number of amides is 2. The molecule has 1 aliphatic heterocycles. The Labute approximate surface area is 136 Å². The van der Waals surface area contributed by atoms with Gasteiger partial charge in [0.15, 0.2) is 5.82 Å². The van der Waals surface area contributed by atoms with Gasteiger partial charge in [0, 0.05) is 26.2 Å². The number of rotatable bonds is 3. The van der Waals surface area contributed by atoms with Crippen LogP contribution in [-0.2, 0) is 0 Å². The van der Waals surface area contributed by atoms with E-state index < -0.39 is 11.6 Å². The summed E-state index contributed by atoms with van der Waals surface area (Å²) >= 11 is 0. The molecule has 1 aliphatic rings. The van der Waals surface area contributed by atoms with Crippen LogP contribution in [0.3, 0.4) is 0 Å². The predicted molar refractivity (Wildman–Crippen MR) is 86.1 cm³/mol. The number of piperazine rings is 1. The number of hydrogen-bond donors (Lipinski definition) is 5. The molecule has 2 aromatic rings. The highest BCUT2D eigenvalue weighted by Crippen LogP contribution is 2.31. The zero-order valence-corrected chi connectivity index (χ0v) is 12.7. The lowest BCUT2D eigenvalue weighted by molar-refractivity contribution is 0.204. The minimum Gasteiger partial charge on any atom is -0.382 e. The summed E-state index contributed by atoms with van der Waals surface area (Å²) in [6, 6.07) is 3.11. The fourth-order valence-corrected chi connectivity index (χ4v) is 2.36. The van der Waals surface area contributed by atoms with Crippen molar-refractivity contribution in [2.45, 2.75) is 0 Å². The Hall–Kier alpha value is -2.88. The van der Waals surface area contributed by atoms with Gasteiger partial charge < -0.3 is 21.3 Å². The van der Waals surface area contributed by atoms with Crippen molar-refractivity contribution < 1.29 is 13.6 Å². The van der Waals surface area contributed by atoms with Gasteiger partial charge in [-0.25, -0.2) is 13.6 Å². The molecular weight excluding hydrogens is 320 g/mol. The van der Waals surface area contributed by atoms with Crippen molar-refractivity contribution in [3.8, 4) is 0 Å². The number of halogens is 2. The average molecular weight is 337 g/mol. The van der Waals surface area contributed by atoms with Crippen LogP contribution in [0.15, 0.2) is 18.2 Å². The highest BCUT2D eigenvalue weighted by molar-refractivity contribution is 5.94. The van der Waals surface area contributed by atoms with Crippen LogP contribution in [0.5, 0.6) is 0 Å². The number of aromatic nitrogens is 2. The van der Waals surface area contributed by atoms with Crippen molar-refractivity contribution in [2.75, 3.05) is 42.5 Å². The van der Waals surface area contributed by atoms with E-state index in [-0.39, 0.29) is 29.0 Å². The van der Waals surface area contributed by atoms with Gasteiger partial charge in [-0.1, -0.05) is 6.07 Å². The van der Waals surface area contributed by atoms with Crippen LogP contribution in [0.25, 0.3) is 0 Å². The standard InChI is InChI=1S/C14H17F2N7O/c15-8-2-1-3-9(16)10(8)19-11-12(17)21-22-13(11)20-14(24)23-6-4-18-5-7-23/h1-3,18-19H,4-7H2,(H4,17,20,21,22,24). The zero-order chi connectivity index (χ0) is 17.1. The number of aromatic amines is 1. The minimum atomic E-state index is -0.782. The fraction of sp³-hybridized carbons (Fsp3) is 0.286. The molecule has 2 heterocycles. The van der Waals surface area contributed by atoms with Gasteiger partial charge in [0.25, 0.3) is 0 Å². The van der Waals surface area contributed by atoms with Crippen LogP contribution in [0, 0.1) is 11.6 Å². The Bertz CT molecular complexity index is 722. The van der Waals surface area contributed by atoms with Gasteiger partial charge in [-0.2, -0.15) is 5.10 Å². The quantitative estimate of drug-likeness (QED) is 0.582. The summed E-state index contributed by atoms with van der Waals surface area (Å²) in [6.45, 7) is 2.50. The van der Waals surface area contributed by atoms with E-state index in [0.717, 1.165) is 12.1 Å². The third-order valence-electron chi connectivity index (χ3n) is 3.64. The van der Waals surface area contributed by atoms with Gasteiger partial charge in [0.05, 0.1) is 0 Å². The summed E-state index contributed by atoms with van der Waals surface area (Å²) < 4.78 is 27.6. The molecule has 0 unspecified atom stereocenters. The van der Waals surface area contributed by atoms with E-state index in [1.165, 1.54) is 6.07 Å². The van der Waals surface area contributed by atoms with E-state index in [4.69, 9.17) is 5.73 Å². The third-order valence-corrected chi connectivity index (χ3v) is 3.64. The molecule has 8 nitrogen and oxygen atoms in total. The first-order chi connectivity index (χ1) is 11.6. The smallest absolute Gasteiger partial charge is 0.323 e. The number of nitrogens with zero attached hydrogens (tertiary/aromatic N) is 2. The fourth-order valence-electron chi connectivity index (χ4n) is 2.36. The molecule has 0 atom stereocenters. The Morgan fingerprint density at radius 3 is 2.54 bits per heavy atom. The highest BCUT2D eigenvalue weighted by Gasteiger charge is 2.21. The number of H-pyrrole nitrogens is 1. The Morgan fingerprint density at radius 1 is 1.21 bits per heavy atom. The van der Waals surface area contributed by atoms with Crippen LogP contribution in [0.4, 0.5) is 36.6 Å². The summed E-state index contributed by atoms with van der Waals surface area (Å²) in [5.41, 5.74) is 5.47. The number of carbonyl (C=O) groups excluding carboxylic acids is 1. The van der Waals surface area contributed by atoms with Crippen LogP contribution in [0.1, 0.15) is 0 Å². The number of anilines is 4. The molecule has 24 heavy (non-hydrogen) atoms. The number of para-hydroxylation sites is 1. The molecule has 1 aromatic carbocycles. The molecule has 0 radical (unpaired) electrons. The lowest BCUT2D eigenvalue weighted by Crippen LogP contribution is -2.48. The number of nitrogens with two attached hydrogens (primary N) is 1. The van der Waals surface area contributed by atoms with Crippen molar-refractivity contribution in [3.63, 3.8) is 0 Å². The average Bonchev–Trinajstić information content (AvgIpc) is 2.92. The summed E-state index contributed by atoms with van der Waals surface area (Å²) in [5.74, 6) is -1.45. The first-order valence-electron chi connectivity index (χ1n) is 7.38. The Balaban J connectivity index is 1.80. The summed E-state index contributed by atoms with van der Waals surface area (Å²) in [7, 11) is 0. The molecule has 0 spiro atoms. The molecule has 3 rings (SSSR count). The number of nitrogens with one attached hydrogen (secondary N) is 4. The maximum absolute atomic E-state index is 13.8. The van der Waals surface area contributed by atoms with E-state index >= 15 is 0 Å². The summed E-state index contributed by atoms with van der Waals surface area (Å²) in [6.07, 6.45) is 0. The van der Waals surface area contributed by atoms with Crippen LogP contribution < -0.4 is 21.7 Å². The zero-order valence-electron chi connectivity index (χ0n) is 12.7. The van der Waals surface area contributed by atoms with Gasteiger partial charge in [-0.3, -0.25) is 10.4 Å². The maximum Gasteiger partial charge on any atom is 0.323 e. The molecule has 1 saturated heterocycles. The SMILES string of the molecule is Nc1[nH]nc(NC(=O)N2CCNCC2)c1Nc1c(F)cccc1F. The van der Waals surface area contributed by atoms with Gasteiger partial charge in [-0.15, -0.1) is 0 Å². The van der Waals surface area contributed by atoms with Gasteiger partial charge in [0.2, 0.25) is 0 Å². The van der Waals surface area contributed by atoms with E-state index in [1.807, 2.05) is 0 Å². The molecule has 0 bridgehead atoms. The molecule has 1 aromatic heterocycles.